The predicted molar refractivity (Wildman–Crippen MR) is 80.3 cm³/mol. The summed E-state index contributed by atoms with van der Waals surface area (Å²) in [6, 6.07) is 9.31. The fourth-order valence-corrected chi connectivity index (χ4v) is 2.49. The highest BCUT2D eigenvalue weighted by molar-refractivity contribution is 5.25. The highest BCUT2D eigenvalue weighted by Gasteiger charge is 2.31. The van der Waals surface area contributed by atoms with Gasteiger partial charge in [0.15, 0.2) is 0 Å². The van der Waals surface area contributed by atoms with Gasteiger partial charge in [-0.3, -0.25) is 9.97 Å². The number of nitrogens with one attached hydrogen (secondary N) is 1. The minimum Gasteiger partial charge on any atom is -0.304 e. The Labute approximate surface area is 120 Å². The van der Waals surface area contributed by atoms with Crippen LogP contribution in [0, 0.1) is 19.8 Å². The third-order valence-electron chi connectivity index (χ3n) is 3.87. The summed E-state index contributed by atoms with van der Waals surface area (Å²) >= 11 is 0. The van der Waals surface area contributed by atoms with Crippen LogP contribution in [0.4, 0.5) is 0 Å². The summed E-state index contributed by atoms with van der Waals surface area (Å²) in [7, 11) is 0. The van der Waals surface area contributed by atoms with Crippen molar-refractivity contribution in [3.8, 4) is 0 Å². The molecule has 1 aliphatic rings. The van der Waals surface area contributed by atoms with Crippen LogP contribution in [0.25, 0.3) is 0 Å². The van der Waals surface area contributed by atoms with E-state index < -0.39 is 0 Å². The molecule has 2 aromatic rings. The zero-order chi connectivity index (χ0) is 13.9. The van der Waals surface area contributed by atoms with E-state index in [4.69, 9.17) is 0 Å². The average Bonchev–Trinajstić information content (AvgIpc) is 3.28. The molecule has 0 amide bonds. The van der Waals surface area contributed by atoms with Gasteiger partial charge >= 0.3 is 0 Å². The monoisotopic (exact) mass is 267 g/mol. The normalized spacial score (nSPS) is 16.1. The van der Waals surface area contributed by atoms with Crippen LogP contribution >= 0.6 is 0 Å². The first-order valence-corrected chi connectivity index (χ1v) is 7.30. The Balaban J connectivity index is 1.68. The van der Waals surface area contributed by atoms with Crippen molar-refractivity contribution in [2.45, 2.75) is 39.3 Å². The lowest BCUT2D eigenvalue weighted by molar-refractivity contribution is 0.476. The van der Waals surface area contributed by atoms with Gasteiger partial charge in [0.05, 0.1) is 11.4 Å². The second-order valence-electron chi connectivity index (χ2n) is 5.76. The Morgan fingerprint density at radius 2 is 1.85 bits per heavy atom. The van der Waals surface area contributed by atoms with Crippen LogP contribution in [0.1, 0.15) is 41.4 Å². The van der Waals surface area contributed by atoms with Crippen molar-refractivity contribution in [2.24, 2.45) is 5.92 Å². The second-order valence-corrected chi connectivity index (χ2v) is 5.76. The number of aromatic nitrogens is 2. The largest absolute Gasteiger partial charge is 0.304 e. The molecule has 1 fully saturated rings. The number of aryl methyl sites for hydroxylation is 2. The molecule has 1 atom stereocenters. The summed E-state index contributed by atoms with van der Waals surface area (Å²) in [6.45, 7) is 4.87. The van der Waals surface area contributed by atoms with Crippen LogP contribution < -0.4 is 5.32 Å². The Hall–Kier alpha value is -1.74. The van der Waals surface area contributed by atoms with E-state index in [2.05, 4.69) is 46.5 Å². The minimum atomic E-state index is 0.443. The maximum Gasteiger partial charge on any atom is 0.0724 e. The molecule has 1 heterocycles. The van der Waals surface area contributed by atoms with E-state index in [1.54, 1.807) is 0 Å². The smallest absolute Gasteiger partial charge is 0.0724 e. The van der Waals surface area contributed by atoms with Gasteiger partial charge in [0.2, 0.25) is 0 Å². The maximum atomic E-state index is 4.41. The minimum absolute atomic E-state index is 0.443. The number of hydrogen-bond donors (Lipinski definition) is 1. The highest BCUT2D eigenvalue weighted by atomic mass is 15.0. The van der Waals surface area contributed by atoms with Crippen LogP contribution in [0.15, 0.2) is 36.7 Å². The van der Waals surface area contributed by atoms with E-state index in [9.17, 15) is 0 Å². The fourth-order valence-electron chi connectivity index (χ4n) is 2.49. The molecule has 1 saturated carbocycles. The van der Waals surface area contributed by atoms with Crippen LogP contribution in [0.3, 0.4) is 0 Å². The molecule has 1 aromatic carbocycles. The van der Waals surface area contributed by atoms with E-state index in [0.717, 1.165) is 23.9 Å². The quantitative estimate of drug-likeness (QED) is 0.903. The van der Waals surface area contributed by atoms with Crippen molar-refractivity contribution in [1.29, 1.82) is 0 Å². The number of rotatable bonds is 5. The van der Waals surface area contributed by atoms with Crippen LogP contribution in [0.2, 0.25) is 0 Å². The third-order valence-corrected chi connectivity index (χ3v) is 3.87. The molecular weight excluding hydrogens is 246 g/mol. The van der Waals surface area contributed by atoms with Crippen molar-refractivity contribution in [3.63, 3.8) is 0 Å². The van der Waals surface area contributed by atoms with Crippen molar-refractivity contribution < 1.29 is 0 Å². The van der Waals surface area contributed by atoms with Gasteiger partial charge in [-0.1, -0.05) is 29.8 Å². The summed E-state index contributed by atoms with van der Waals surface area (Å²) in [5, 5.41) is 3.65. The average molecular weight is 267 g/mol. The second kappa shape index (κ2) is 5.71. The molecule has 0 radical (unpaired) electrons. The van der Waals surface area contributed by atoms with Crippen molar-refractivity contribution in [1.82, 2.24) is 15.3 Å². The number of hydrogen-bond acceptors (Lipinski definition) is 3. The van der Waals surface area contributed by atoms with E-state index in [1.165, 1.54) is 24.0 Å². The Kier molecular flexibility index (Phi) is 3.79. The van der Waals surface area contributed by atoms with Gasteiger partial charge in [-0.15, -0.1) is 0 Å². The zero-order valence-corrected chi connectivity index (χ0v) is 12.1. The van der Waals surface area contributed by atoms with Crippen LogP contribution in [-0.4, -0.2) is 9.97 Å². The first kappa shape index (κ1) is 13.3. The molecule has 1 aromatic heterocycles. The summed E-state index contributed by atoms with van der Waals surface area (Å²) in [6.07, 6.45) is 6.34. The molecule has 0 bridgehead atoms. The first-order valence-electron chi connectivity index (χ1n) is 7.30. The molecule has 1 N–H and O–H groups in total. The van der Waals surface area contributed by atoms with Crippen LogP contribution in [0.5, 0.6) is 0 Å². The van der Waals surface area contributed by atoms with Gasteiger partial charge in [-0.05, 0) is 38.2 Å². The van der Waals surface area contributed by atoms with Gasteiger partial charge in [-0.25, -0.2) is 0 Å². The SMILES string of the molecule is Cc1ccc(C(NCc2cnc(C)cn2)C2CC2)cc1. The molecular formula is C17H21N3. The summed E-state index contributed by atoms with van der Waals surface area (Å²) < 4.78 is 0. The van der Waals surface area contributed by atoms with E-state index in [0.29, 0.717) is 6.04 Å². The van der Waals surface area contributed by atoms with Gasteiger partial charge in [0.1, 0.15) is 0 Å². The number of benzene rings is 1. The lowest BCUT2D eigenvalue weighted by Gasteiger charge is -2.18. The van der Waals surface area contributed by atoms with E-state index >= 15 is 0 Å². The fraction of sp³-hybridized carbons (Fsp3) is 0.412. The Bertz CT molecular complexity index is 556. The molecule has 1 aliphatic carbocycles. The third kappa shape index (κ3) is 3.23. The summed E-state index contributed by atoms with van der Waals surface area (Å²) in [4.78, 5) is 8.71. The standard InChI is InChI=1S/C17H21N3/c1-12-3-5-14(6-4-12)17(15-7-8-15)20-11-16-10-18-13(2)9-19-16/h3-6,9-10,15,17,20H,7-8,11H2,1-2H3. The van der Waals surface area contributed by atoms with Crippen molar-refractivity contribution in [3.05, 3.63) is 59.2 Å². The topological polar surface area (TPSA) is 37.8 Å². The van der Waals surface area contributed by atoms with Crippen molar-refractivity contribution >= 4 is 0 Å². The molecule has 3 rings (SSSR count). The van der Waals surface area contributed by atoms with Gasteiger partial charge in [0, 0.05) is 25.0 Å². The molecule has 0 spiro atoms. The highest BCUT2D eigenvalue weighted by Crippen LogP contribution is 2.41. The Morgan fingerprint density at radius 1 is 1.10 bits per heavy atom. The predicted octanol–water partition coefficient (Wildman–Crippen LogP) is 3.33. The van der Waals surface area contributed by atoms with Gasteiger partial charge in [-0.2, -0.15) is 0 Å². The van der Waals surface area contributed by atoms with Gasteiger partial charge < -0.3 is 5.32 Å². The first-order chi connectivity index (χ1) is 9.72. The zero-order valence-electron chi connectivity index (χ0n) is 12.1. The Morgan fingerprint density at radius 3 is 2.45 bits per heavy atom. The molecule has 0 saturated heterocycles. The summed E-state index contributed by atoms with van der Waals surface area (Å²) in [5.74, 6) is 0.774. The van der Waals surface area contributed by atoms with Gasteiger partial charge in [0.25, 0.3) is 0 Å². The van der Waals surface area contributed by atoms with Crippen LogP contribution in [-0.2, 0) is 6.54 Å². The van der Waals surface area contributed by atoms with E-state index in [-0.39, 0.29) is 0 Å². The van der Waals surface area contributed by atoms with Crippen molar-refractivity contribution in [2.75, 3.05) is 0 Å². The molecule has 20 heavy (non-hydrogen) atoms. The summed E-state index contributed by atoms with van der Waals surface area (Å²) in [5.41, 5.74) is 4.67. The molecule has 104 valence electrons. The molecule has 3 nitrogen and oxygen atoms in total. The maximum absolute atomic E-state index is 4.41. The molecule has 0 aliphatic heterocycles. The number of nitrogens with zero attached hydrogens (tertiary/aromatic N) is 2. The molecule has 1 unspecified atom stereocenters. The molecule has 3 heteroatoms. The van der Waals surface area contributed by atoms with E-state index in [1.807, 2.05) is 19.3 Å². The lowest BCUT2D eigenvalue weighted by atomic mass is 10.0. The lowest BCUT2D eigenvalue weighted by Crippen LogP contribution is -2.23.